The molecule has 5 nitrogen and oxygen atoms in total. The number of hydrogen-bond acceptors (Lipinski definition) is 3. The minimum Gasteiger partial charge on any atom is -0.376 e. The summed E-state index contributed by atoms with van der Waals surface area (Å²) in [5.74, 6) is 0.599. The van der Waals surface area contributed by atoms with E-state index in [1.54, 1.807) is 7.05 Å². The molecule has 1 aliphatic rings. The number of benzene rings is 1. The zero-order valence-electron chi connectivity index (χ0n) is 14.0. The van der Waals surface area contributed by atoms with E-state index in [1.165, 1.54) is 19.3 Å². The van der Waals surface area contributed by atoms with E-state index in [0.717, 1.165) is 17.7 Å². The molecule has 0 aromatic heterocycles. The molecule has 0 spiro atoms. The minimum atomic E-state index is -0.00770. The van der Waals surface area contributed by atoms with Crippen LogP contribution in [0.15, 0.2) is 24.3 Å². The lowest BCUT2D eigenvalue weighted by Gasteiger charge is -2.29. The van der Waals surface area contributed by atoms with Gasteiger partial charge in [0.15, 0.2) is 0 Å². The molecule has 0 heterocycles. The van der Waals surface area contributed by atoms with E-state index in [2.05, 4.69) is 22.9 Å². The molecule has 3 N–H and O–H groups in total. The predicted molar refractivity (Wildman–Crippen MR) is 92.3 cm³/mol. The number of amides is 2. The second-order valence-corrected chi connectivity index (χ2v) is 6.34. The van der Waals surface area contributed by atoms with Crippen molar-refractivity contribution in [2.24, 2.45) is 5.92 Å². The summed E-state index contributed by atoms with van der Waals surface area (Å²) in [6, 6.07) is 7.91. The number of nitrogens with one attached hydrogen (secondary N) is 3. The molecule has 0 bridgehead atoms. The molecule has 0 saturated heterocycles. The van der Waals surface area contributed by atoms with Crippen molar-refractivity contribution in [2.75, 3.05) is 18.9 Å². The van der Waals surface area contributed by atoms with Crippen LogP contribution in [0.4, 0.5) is 5.69 Å². The highest BCUT2D eigenvalue weighted by molar-refractivity contribution is 5.81. The first-order valence-corrected chi connectivity index (χ1v) is 8.41. The van der Waals surface area contributed by atoms with Crippen LogP contribution >= 0.6 is 0 Å². The molecule has 1 fully saturated rings. The van der Waals surface area contributed by atoms with E-state index < -0.39 is 0 Å². The maximum atomic E-state index is 12.1. The molecular formula is C18H27N3O2. The van der Waals surface area contributed by atoms with Gasteiger partial charge in [-0.05, 0) is 36.5 Å². The molecule has 5 heteroatoms. The quantitative estimate of drug-likeness (QED) is 0.752. The largest absolute Gasteiger partial charge is 0.376 e. The summed E-state index contributed by atoms with van der Waals surface area (Å²) >= 11 is 0. The van der Waals surface area contributed by atoms with Gasteiger partial charge in [-0.25, -0.2) is 0 Å². The standard InChI is InChI=1S/C18H27N3O2/c1-13-5-3-4-6-16(13)21-18(23)12-20-15-9-7-14(8-10-15)11-17(22)19-2/h7-10,13,16,20H,3-6,11-12H2,1-2H3,(H,19,22)(H,21,23)/t13-,16-/m1/s1. The summed E-state index contributed by atoms with van der Waals surface area (Å²) < 4.78 is 0. The molecule has 0 unspecified atom stereocenters. The molecule has 1 aromatic rings. The lowest BCUT2D eigenvalue weighted by Crippen LogP contribution is -2.43. The SMILES string of the molecule is CNC(=O)Cc1ccc(NCC(=O)N[C@@H]2CCCC[C@H]2C)cc1. The van der Waals surface area contributed by atoms with Gasteiger partial charge in [-0.1, -0.05) is 31.9 Å². The minimum absolute atomic E-state index is 0.00770. The van der Waals surface area contributed by atoms with Gasteiger partial charge in [-0.3, -0.25) is 9.59 Å². The summed E-state index contributed by atoms with van der Waals surface area (Å²) in [7, 11) is 1.63. The van der Waals surface area contributed by atoms with E-state index in [4.69, 9.17) is 0 Å². The van der Waals surface area contributed by atoms with Crippen molar-refractivity contribution in [1.29, 1.82) is 0 Å². The first kappa shape index (κ1) is 17.3. The van der Waals surface area contributed by atoms with E-state index in [9.17, 15) is 9.59 Å². The second kappa shape index (κ2) is 8.56. The van der Waals surface area contributed by atoms with Crippen LogP contribution in [0.5, 0.6) is 0 Å². The lowest BCUT2D eigenvalue weighted by molar-refractivity contribution is -0.121. The Morgan fingerprint density at radius 3 is 2.43 bits per heavy atom. The Bertz CT molecular complexity index is 528. The smallest absolute Gasteiger partial charge is 0.239 e. The molecule has 2 rings (SSSR count). The highest BCUT2D eigenvalue weighted by Gasteiger charge is 2.22. The highest BCUT2D eigenvalue weighted by Crippen LogP contribution is 2.23. The van der Waals surface area contributed by atoms with E-state index >= 15 is 0 Å². The van der Waals surface area contributed by atoms with Gasteiger partial charge in [-0.2, -0.15) is 0 Å². The molecule has 1 aliphatic carbocycles. The fraction of sp³-hybridized carbons (Fsp3) is 0.556. The van der Waals surface area contributed by atoms with Crippen LogP contribution in [0.3, 0.4) is 0 Å². The maximum Gasteiger partial charge on any atom is 0.239 e. The summed E-state index contributed by atoms with van der Waals surface area (Å²) in [5, 5.41) is 8.86. The Labute approximate surface area is 138 Å². The van der Waals surface area contributed by atoms with Gasteiger partial charge >= 0.3 is 0 Å². The third-order valence-electron chi connectivity index (χ3n) is 4.51. The fourth-order valence-electron chi connectivity index (χ4n) is 2.99. The van der Waals surface area contributed by atoms with Crippen molar-refractivity contribution in [3.05, 3.63) is 29.8 Å². The van der Waals surface area contributed by atoms with Crippen LogP contribution in [0.1, 0.15) is 38.2 Å². The van der Waals surface area contributed by atoms with Gasteiger partial charge in [0.1, 0.15) is 0 Å². The number of rotatable bonds is 6. The molecule has 1 aromatic carbocycles. The van der Waals surface area contributed by atoms with Crippen LogP contribution in [-0.2, 0) is 16.0 Å². The number of hydrogen-bond donors (Lipinski definition) is 3. The molecule has 0 radical (unpaired) electrons. The van der Waals surface area contributed by atoms with Crippen molar-refractivity contribution in [2.45, 2.75) is 45.1 Å². The highest BCUT2D eigenvalue weighted by atomic mass is 16.2. The monoisotopic (exact) mass is 317 g/mol. The first-order chi connectivity index (χ1) is 11.1. The predicted octanol–water partition coefficient (Wildman–Crippen LogP) is 2.08. The summed E-state index contributed by atoms with van der Waals surface area (Å²) in [4.78, 5) is 23.4. The van der Waals surface area contributed by atoms with Gasteiger partial charge in [-0.15, -0.1) is 0 Å². The molecule has 23 heavy (non-hydrogen) atoms. The van der Waals surface area contributed by atoms with E-state index in [1.807, 2.05) is 24.3 Å². The topological polar surface area (TPSA) is 70.2 Å². The third-order valence-corrected chi connectivity index (χ3v) is 4.51. The summed E-state index contributed by atoms with van der Waals surface area (Å²) in [5.41, 5.74) is 1.84. The summed E-state index contributed by atoms with van der Waals surface area (Å²) in [6.07, 6.45) is 5.13. The molecule has 126 valence electrons. The van der Waals surface area contributed by atoms with Crippen LogP contribution in [0.25, 0.3) is 0 Å². The number of anilines is 1. The van der Waals surface area contributed by atoms with E-state index in [0.29, 0.717) is 18.4 Å². The number of carbonyl (C=O) groups excluding carboxylic acids is 2. The molecule has 2 amide bonds. The van der Waals surface area contributed by atoms with Crippen molar-refractivity contribution in [3.63, 3.8) is 0 Å². The Balaban J connectivity index is 1.76. The van der Waals surface area contributed by atoms with Crippen LogP contribution < -0.4 is 16.0 Å². The lowest BCUT2D eigenvalue weighted by atomic mass is 9.86. The van der Waals surface area contributed by atoms with Crippen LogP contribution in [0, 0.1) is 5.92 Å². The average Bonchev–Trinajstić information content (AvgIpc) is 2.56. The number of carbonyl (C=O) groups is 2. The van der Waals surface area contributed by atoms with Gasteiger partial charge in [0, 0.05) is 18.8 Å². The fourth-order valence-corrected chi connectivity index (χ4v) is 2.99. The Morgan fingerprint density at radius 2 is 1.78 bits per heavy atom. The van der Waals surface area contributed by atoms with Gasteiger partial charge < -0.3 is 16.0 Å². The van der Waals surface area contributed by atoms with E-state index in [-0.39, 0.29) is 18.4 Å². The van der Waals surface area contributed by atoms with Crippen molar-refractivity contribution >= 4 is 17.5 Å². The average molecular weight is 317 g/mol. The maximum absolute atomic E-state index is 12.1. The van der Waals surface area contributed by atoms with Crippen molar-refractivity contribution in [3.8, 4) is 0 Å². The van der Waals surface area contributed by atoms with Gasteiger partial charge in [0.2, 0.25) is 11.8 Å². The molecular weight excluding hydrogens is 290 g/mol. The van der Waals surface area contributed by atoms with Crippen LogP contribution in [0.2, 0.25) is 0 Å². The molecule has 2 atom stereocenters. The first-order valence-electron chi connectivity index (χ1n) is 8.41. The normalized spacial score (nSPS) is 20.6. The molecule has 0 aliphatic heterocycles. The van der Waals surface area contributed by atoms with Gasteiger partial charge in [0.25, 0.3) is 0 Å². The zero-order valence-corrected chi connectivity index (χ0v) is 14.0. The third kappa shape index (κ3) is 5.58. The Hall–Kier alpha value is -2.04. The zero-order chi connectivity index (χ0) is 16.7. The Kier molecular flexibility index (Phi) is 6.44. The van der Waals surface area contributed by atoms with Crippen molar-refractivity contribution < 1.29 is 9.59 Å². The van der Waals surface area contributed by atoms with Crippen molar-refractivity contribution in [1.82, 2.24) is 10.6 Å². The Morgan fingerprint density at radius 1 is 1.09 bits per heavy atom. The van der Waals surface area contributed by atoms with Gasteiger partial charge in [0.05, 0.1) is 13.0 Å². The molecule has 1 saturated carbocycles. The van der Waals surface area contributed by atoms with Crippen LogP contribution in [-0.4, -0.2) is 31.4 Å². The number of likely N-dealkylation sites (N-methyl/N-ethyl adjacent to an activating group) is 1. The summed E-state index contributed by atoms with van der Waals surface area (Å²) in [6.45, 7) is 2.49. The second-order valence-electron chi connectivity index (χ2n) is 6.34.